The molecule has 1 aliphatic heterocycles. The van der Waals surface area contributed by atoms with Crippen molar-refractivity contribution in [3.63, 3.8) is 0 Å². The first-order chi connectivity index (χ1) is 12.5. The highest BCUT2D eigenvalue weighted by atomic mass is 35.5. The number of halogens is 4. The van der Waals surface area contributed by atoms with Crippen molar-refractivity contribution in [1.82, 2.24) is 0 Å². The third-order valence-electron chi connectivity index (χ3n) is 3.71. The number of ether oxygens (including phenoxy) is 1. The van der Waals surface area contributed by atoms with E-state index in [1.165, 1.54) is 18.2 Å². The number of hydrogen-bond donors (Lipinski definition) is 2. The summed E-state index contributed by atoms with van der Waals surface area (Å²) in [5.74, 6) is -0.0782. The van der Waals surface area contributed by atoms with Gasteiger partial charge in [0.25, 0.3) is 15.9 Å². The van der Waals surface area contributed by atoms with Gasteiger partial charge in [-0.25, -0.2) is 8.42 Å². The summed E-state index contributed by atoms with van der Waals surface area (Å²) in [5, 5.41) is 2.18. The van der Waals surface area contributed by atoms with Gasteiger partial charge in [-0.05, 0) is 43.3 Å². The van der Waals surface area contributed by atoms with Crippen molar-refractivity contribution >= 4 is 38.9 Å². The molecule has 0 saturated heterocycles. The molecule has 2 aromatic carbocycles. The van der Waals surface area contributed by atoms with Crippen LogP contribution < -0.4 is 14.8 Å². The maximum atomic E-state index is 12.9. The van der Waals surface area contributed by atoms with Crippen molar-refractivity contribution in [2.75, 3.05) is 10.0 Å². The highest BCUT2D eigenvalue weighted by Crippen LogP contribution is 2.35. The van der Waals surface area contributed by atoms with Gasteiger partial charge in [0.15, 0.2) is 6.10 Å². The lowest BCUT2D eigenvalue weighted by molar-refractivity contribution is -0.137. The van der Waals surface area contributed by atoms with Crippen molar-refractivity contribution in [2.45, 2.75) is 24.1 Å². The number of carbonyl (C=O) groups is 1. The summed E-state index contributed by atoms with van der Waals surface area (Å²) in [6.07, 6.45) is -5.43. The first-order valence-corrected chi connectivity index (χ1v) is 9.34. The Balaban J connectivity index is 1.94. The summed E-state index contributed by atoms with van der Waals surface area (Å²) in [5.41, 5.74) is -0.901. The van der Waals surface area contributed by atoms with Crippen LogP contribution in [0.15, 0.2) is 41.3 Å². The average Bonchev–Trinajstić information content (AvgIpc) is 2.55. The van der Waals surface area contributed by atoms with E-state index in [2.05, 4.69) is 10.0 Å². The first kappa shape index (κ1) is 19.3. The SMILES string of the molecule is CC1Oc2ccc(NS(=O)(=O)c3cc(C(F)(F)F)ccc3Cl)cc2NC1=O. The predicted octanol–water partition coefficient (Wildman–Crippen LogP) is 3.88. The second-order valence-corrected chi connectivity index (χ2v) is 7.77. The van der Waals surface area contributed by atoms with Crippen LogP contribution in [0.1, 0.15) is 12.5 Å². The third kappa shape index (κ3) is 3.96. The molecular weight excluding hydrogens is 409 g/mol. The second kappa shape index (κ2) is 6.61. The Bertz CT molecular complexity index is 1020. The van der Waals surface area contributed by atoms with Crippen LogP contribution in [0.4, 0.5) is 24.5 Å². The lowest BCUT2D eigenvalue weighted by Gasteiger charge is -2.23. The van der Waals surface area contributed by atoms with E-state index >= 15 is 0 Å². The molecule has 2 aromatic rings. The molecule has 1 heterocycles. The van der Waals surface area contributed by atoms with E-state index in [4.69, 9.17) is 16.3 Å². The molecule has 1 unspecified atom stereocenters. The summed E-state index contributed by atoms with van der Waals surface area (Å²) < 4.78 is 71.1. The Kier molecular flexibility index (Phi) is 4.73. The normalized spacial score (nSPS) is 16.9. The van der Waals surface area contributed by atoms with Crippen LogP contribution in [0.2, 0.25) is 5.02 Å². The molecule has 2 N–H and O–H groups in total. The Morgan fingerprint density at radius 1 is 1.19 bits per heavy atom. The zero-order valence-corrected chi connectivity index (χ0v) is 15.2. The zero-order chi connectivity index (χ0) is 20.0. The van der Waals surface area contributed by atoms with E-state index in [-0.39, 0.29) is 16.4 Å². The van der Waals surface area contributed by atoms with E-state index < -0.39 is 38.7 Å². The summed E-state index contributed by atoms with van der Waals surface area (Å²) in [7, 11) is -4.41. The molecule has 1 aliphatic rings. The van der Waals surface area contributed by atoms with Gasteiger partial charge in [-0.15, -0.1) is 0 Å². The largest absolute Gasteiger partial charge is 0.479 e. The molecule has 3 rings (SSSR count). The van der Waals surface area contributed by atoms with Gasteiger partial charge in [-0.2, -0.15) is 13.2 Å². The molecule has 6 nitrogen and oxygen atoms in total. The zero-order valence-electron chi connectivity index (χ0n) is 13.6. The minimum atomic E-state index is -4.72. The molecular formula is C16H12ClF3N2O4S. The summed E-state index contributed by atoms with van der Waals surface area (Å²) in [4.78, 5) is 10.9. The number of nitrogens with one attached hydrogen (secondary N) is 2. The Morgan fingerprint density at radius 2 is 1.89 bits per heavy atom. The van der Waals surface area contributed by atoms with Crippen LogP contribution in [-0.2, 0) is 21.0 Å². The van der Waals surface area contributed by atoms with Crippen molar-refractivity contribution < 1.29 is 31.1 Å². The lowest BCUT2D eigenvalue weighted by Crippen LogP contribution is -2.34. The number of amides is 1. The number of sulfonamides is 1. The van der Waals surface area contributed by atoms with E-state index in [1.807, 2.05) is 0 Å². The number of fused-ring (bicyclic) bond motifs is 1. The Hall–Kier alpha value is -2.46. The van der Waals surface area contributed by atoms with E-state index in [0.29, 0.717) is 17.9 Å². The van der Waals surface area contributed by atoms with Crippen LogP contribution in [0.3, 0.4) is 0 Å². The van der Waals surface area contributed by atoms with Gasteiger partial charge in [-0.1, -0.05) is 11.6 Å². The predicted molar refractivity (Wildman–Crippen MR) is 92.4 cm³/mol. The maximum Gasteiger partial charge on any atom is 0.416 e. The number of alkyl halides is 3. The molecule has 1 amide bonds. The van der Waals surface area contributed by atoms with Crippen molar-refractivity contribution in [2.24, 2.45) is 0 Å². The second-order valence-electron chi connectivity index (χ2n) is 5.71. The summed E-state index contributed by atoms with van der Waals surface area (Å²) in [6, 6.07) is 6.07. The quantitative estimate of drug-likeness (QED) is 0.789. The molecule has 0 bridgehead atoms. The van der Waals surface area contributed by atoms with Crippen molar-refractivity contribution in [1.29, 1.82) is 0 Å². The van der Waals surface area contributed by atoms with Gasteiger partial charge >= 0.3 is 6.18 Å². The highest BCUT2D eigenvalue weighted by Gasteiger charge is 2.33. The molecule has 27 heavy (non-hydrogen) atoms. The number of hydrogen-bond acceptors (Lipinski definition) is 4. The van der Waals surface area contributed by atoms with E-state index in [9.17, 15) is 26.4 Å². The monoisotopic (exact) mass is 420 g/mol. The molecule has 144 valence electrons. The molecule has 1 atom stereocenters. The third-order valence-corrected chi connectivity index (χ3v) is 5.57. The minimum Gasteiger partial charge on any atom is -0.479 e. The number of anilines is 2. The number of rotatable bonds is 3. The van der Waals surface area contributed by atoms with Gasteiger partial charge in [0.1, 0.15) is 10.6 Å². The molecule has 0 aliphatic carbocycles. The molecule has 11 heteroatoms. The van der Waals surface area contributed by atoms with E-state index in [1.54, 1.807) is 6.92 Å². The topological polar surface area (TPSA) is 84.5 Å². The molecule has 0 spiro atoms. The lowest BCUT2D eigenvalue weighted by atomic mass is 10.2. The van der Waals surface area contributed by atoms with Crippen LogP contribution in [0.5, 0.6) is 5.75 Å². The van der Waals surface area contributed by atoms with Gasteiger partial charge in [0.05, 0.1) is 22.0 Å². The fraction of sp³-hybridized carbons (Fsp3) is 0.188. The average molecular weight is 421 g/mol. The van der Waals surface area contributed by atoms with Gasteiger partial charge < -0.3 is 10.1 Å². The van der Waals surface area contributed by atoms with Crippen LogP contribution in [0.25, 0.3) is 0 Å². The smallest absolute Gasteiger partial charge is 0.416 e. The van der Waals surface area contributed by atoms with Crippen LogP contribution in [0, 0.1) is 0 Å². The highest BCUT2D eigenvalue weighted by molar-refractivity contribution is 7.92. The number of benzene rings is 2. The molecule has 0 aromatic heterocycles. The van der Waals surface area contributed by atoms with Gasteiger partial charge in [0, 0.05) is 0 Å². The van der Waals surface area contributed by atoms with Gasteiger partial charge in [0.2, 0.25) is 0 Å². The Labute approximate surface area is 157 Å². The van der Waals surface area contributed by atoms with Gasteiger partial charge in [-0.3, -0.25) is 9.52 Å². The molecule has 0 radical (unpaired) electrons. The summed E-state index contributed by atoms with van der Waals surface area (Å²) in [6.45, 7) is 1.55. The van der Waals surface area contributed by atoms with Crippen LogP contribution >= 0.6 is 11.6 Å². The van der Waals surface area contributed by atoms with Crippen LogP contribution in [-0.4, -0.2) is 20.4 Å². The Morgan fingerprint density at radius 3 is 2.56 bits per heavy atom. The van der Waals surface area contributed by atoms with E-state index in [0.717, 1.165) is 6.07 Å². The first-order valence-electron chi connectivity index (χ1n) is 7.48. The molecule has 0 fully saturated rings. The minimum absolute atomic E-state index is 0.0145. The maximum absolute atomic E-state index is 12.9. The standard InChI is InChI=1S/C16H12ClF3N2O4S/c1-8-15(23)21-12-7-10(3-5-13(12)26-8)22-27(24,25)14-6-9(16(18,19)20)2-4-11(14)17/h2-8,22H,1H3,(H,21,23). The molecule has 0 saturated carbocycles. The van der Waals surface area contributed by atoms with Crippen molar-refractivity contribution in [3.05, 3.63) is 47.0 Å². The fourth-order valence-corrected chi connectivity index (χ4v) is 3.94. The van der Waals surface area contributed by atoms with Crippen molar-refractivity contribution in [3.8, 4) is 5.75 Å². The summed E-state index contributed by atoms with van der Waals surface area (Å²) >= 11 is 5.78. The fourth-order valence-electron chi connectivity index (χ4n) is 2.37. The number of carbonyl (C=O) groups excluding carboxylic acids is 1.